The summed E-state index contributed by atoms with van der Waals surface area (Å²) in [6.45, 7) is 2.18. The number of carbonyl (C=O) groups is 3. The average Bonchev–Trinajstić information content (AvgIpc) is 2.49. The number of nitrogens with two attached hydrogens (primary N) is 1. The van der Waals surface area contributed by atoms with Crippen molar-refractivity contribution in [2.45, 2.75) is 83.6 Å². The number of carboxylic acid groups (broad SMARTS) is 2. The number of unbranched alkanes of at least 4 members (excludes halogenated alkanes) is 8. The molecule has 0 aromatic rings. The zero-order chi connectivity index (χ0) is 17.7. The van der Waals surface area contributed by atoms with Crippen LogP contribution in [0.2, 0.25) is 0 Å². The Kier molecular flexibility index (Phi) is 23.4. The van der Waals surface area contributed by atoms with E-state index in [1.165, 1.54) is 32.1 Å². The van der Waals surface area contributed by atoms with Gasteiger partial charge in [-0.25, -0.2) is 0 Å². The maximum atomic E-state index is 11.9. The molecule has 2 N–H and O–H groups in total. The molecule has 0 spiro atoms. The van der Waals surface area contributed by atoms with E-state index in [0.717, 1.165) is 19.3 Å². The predicted octanol–water partition coefficient (Wildman–Crippen LogP) is -5.68. The second-order valence-electron chi connectivity index (χ2n) is 6.08. The van der Waals surface area contributed by atoms with E-state index in [1.807, 2.05) is 0 Å². The third kappa shape index (κ3) is 16.5. The normalized spacial score (nSPS) is 12.4. The van der Waals surface area contributed by atoms with Crippen molar-refractivity contribution < 1.29 is 83.7 Å². The molecule has 2 atom stereocenters. The fraction of sp³-hybridized carbons (Fsp3) is 0.824. The van der Waals surface area contributed by atoms with Crippen LogP contribution in [0.15, 0.2) is 0 Å². The minimum absolute atomic E-state index is 0. The first kappa shape index (κ1) is 30.3. The zero-order valence-corrected chi connectivity index (χ0v) is 20.1. The zero-order valence-electron chi connectivity index (χ0n) is 16.1. The van der Waals surface area contributed by atoms with Gasteiger partial charge in [0.25, 0.3) is 0 Å². The molecule has 1 unspecified atom stereocenters. The Morgan fingerprint density at radius 3 is 1.64 bits per heavy atom. The van der Waals surface area contributed by atoms with Gasteiger partial charge in [-0.1, -0.05) is 58.3 Å². The van der Waals surface area contributed by atoms with E-state index in [9.17, 15) is 24.6 Å². The molecular weight excluding hydrogens is 344 g/mol. The van der Waals surface area contributed by atoms with E-state index in [0.29, 0.717) is 6.42 Å². The molecule has 6 nitrogen and oxygen atoms in total. The molecule has 0 rings (SSSR count). The van der Waals surface area contributed by atoms with Crippen molar-refractivity contribution in [1.29, 1.82) is 0 Å². The molecule has 0 saturated carbocycles. The van der Waals surface area contributed by atoms with Gasteiger partial charge < -0.3 is 25.5 Å². The molecule has 0 radical (unpaired) electrons. The number of hydrogen-bond acceptors (Lipinski definition) is 6. The van der Waals surface area contributed by atoms with Gasteiger partial charge in [0, 0.05) is 12.5 Å². The fourth-order valence-corrected chi connectivity index (χ4v) is 2.49. The minimum atomic E-state index is -1.57. The number of ketones is 1. The summed E-state index contributed by atoms with van der Waals surface area (Å²) in [4.78, 5) is 33.4. The molecule has 134 valence electrons. The van der Waals surface area contributed by atoms with Gasteiger partial charge in [0.2, 0.25) is 0 Å². The number of Topliss-reactive ketones (excluding diaryl/α,β-unsaturated/α-hetero) is 1. The van der Waals surface area contributed by atoms with Gasteiger partial charge in [0.1, 0.15) is 5.78 Å². The quantitative estimate of drug-likeness (QED) is 0.173. The first-order valence-electron chi connectivity index (χ1n) is 8.60. The number of rotatable bonds is 15. The van der Waals surface area contributed by atoms with Crippen LogP contribution < -0.4 is 75.1 Å². The number of hydrogen-bond donors (Lipinski definition) is 1. The average molecular weight is 373 g/mol. The van der Waals surface area contributed by atoms with Crippen LogP contribution in [-0.4, -0.2) is 23.8 Å². The van der Waals surface area contributed by atoms with Crippen molar-refractivity contribution in [2.24, 2.45) is 11.7 Å². The van der Waals surface area contributed by atoms with Gasteiger partial charge in [-0.15, -0.1) is 0 Å². The summed E-state index contributed by atoms with van der Waals surface area (Å²) >= 11 is 0. The minimum Gasteiger partial charge on any atom is -0.549 e. The Labute approximate surface area is 195 Å². The number of carbonyl (C=O) groups excluding carboxylic acids is 3. The number of carboxylic acids is 2. The molecule has 0 heterocycles. The molecular formula is C17H29NNa2O5. The van der Waals surface area contributed by atoms with E-state index in [-0.39, 0.29) is 65.5 Å². The SMILES string of the molecule is CCCCCCCCCCCC(=O)C(C[C@H](N)C(=O)[O-])C(=O)[O-].[Na+].[Na+]. The Balaban J connectivity index is -0.00000242. The maximum absolute atomic E-state index is 11.9. The third-order valence-electron chi connectivity index (χ3n) is 3.99. The largest absolute Gasteiger partial charge is 1.00 e. The van der Waals surface area contributed by atoms with Crippen molar-refractivity contribution in [2.75, 3.05) is 0 Å². The third-order valence-corrected chi connectivity index (χ3v) is 3.99. The molecule has 0 saturated heterocycles. The Hall–Kier alpha value is 0.570. The summed E-state index contributed by atoms with van der Waals surface area (Å²) < 4.78 is 0. The topological polar surface area (TPSA) is 123 Å². The van der Waals surface area contributed by atoms with Crippen LogP contribution in [0, 0.1) is 5.92 Å². The van der Waals surface area contributed by atoms with E-state index in [4.69, 9.17) is 5.73 Å². The van der Waals surface area contributed by atoms with Gasteiger partial charge in [-0.2, -0.15) is 0 Å². The van der Waals surface area contributed by atoms with Crippen molar-refractivity contribution in [3.63, 3.8) is 0 Å². The first-order chi connectivity index (χ1) is 10.9. The van der Waals surface area contributed by atoms with Gasteiger partial charge in [-0.05, 0) is 12.8 Å². The Morgan fingerprint density at radius 2 is 1.24 bits per heavy atom. The van der Waals surface area contributed by atoms with Crippen LogP contribution >= 0.6 is 0 Å². The molecule has 0 fully saturated rings. The molecule has 25 heavy (non-hydrogen) atoms. The molecule has 0 aromatic carbocycles. The molecule has 0 aliphatic carbocycles. The Morgan fingerprint density at radius 1 is 0.800 bits per heavy atom. The van der Waals surface area contributed by atoms with Crippen LogP contribution in [0.3, 0.4) is 0 Å². The number of aliphatic carboxylic acids is 2. The van der Waals surface area contributed by atoms with E-state index in [2.05, 4.69) is 6.92 Å². The standard InChI is InChI=1S/C17H31NO5.2Na/c1-2-3-4-5-6-7-8-9-10-11-15(19)13(16(20)21)12-14(18)17(22)23;;/h13-14H,2-12,18H2,1H3,(H,20,21)(H,22,23);;/q;2*+1/p-2/t13?,14-;;/m0../s1. The second kappa shape index (κ2) is 19.3. The van der Waals surface area contributed by atoms with Crippen LogP contribution in [0.25, 0.3) is 0 Å². The summed E-state index contributed by atoms with van der Waals surface area (Å²) in [5.41, 5.74) is 5.23. The summed E-state index contributed by atoms with van der Waals surface area (Å²) in [5, 5.41) is 21.5. The van der Waals surface area contributed by atoms with Gasteiger partial charge >= 0.3 is 59.1 Å². The molecule has 0 bridgehead atoms. The van der Waals surface area contributed by atoms with Crippen molar-refractivity contribution in [3.8, 4) is 0 Å². The second-order valence-corrected chi connectivity index (χ2v) is 6.08. The Bertz CT molecular complexity index is 380. The van der Waals surface area contributed by atoms with E-state index in [1.54, 1.807) is 0 Å². The van der Waals surface area contributed by atoms with Gasteiger partial charge in [0.15, 0.2) is 0 Å². The van der Waals surface area contributed by atoms with Crippen molar-refractivity contribution in [3.05, 3.63) is 0 Å². The first-order valence-corrected chi connectivity index (χ1v) is 8.60. The van der Waals surface area contributed by atoms with Crippen LogP contribution in [-0.2, 0) is 14.4 Å². The predicted molar refractivity (Wildman–Crippen MR) is 82.9 cm³/mol. The van der Waals surface area contributed by atoms with Crippen LogP contribution in [0.1, 0.15) is 77.6 Å². The van der Waals surface area contributed by atoms with Crippen LogP contribution in [0.4, 0.5) is 0 Å². The van der Waals surface area contributed by atoms with E-state index < -0.39 is 36.1 Å². The van der Waals surface area contributed by atoms with Crippen molar-refractivity contribution in [1.82, 2.24) is 0 Å². The van der Waals surface area contributed by atoms with Gasteiger partial charge in [-0.3, -0.25) is 4.79 Å². The smallest absolute Gasteiger partial charge is 0.549 e. The maximum Gasteiger partial charge on any atom is 1.00 e. The van der Waals surface area contributed by atoms with Crippen LogP contribution in [0.5, 0.6) is 0 Å². The summed E-state index contributed by atoms with van der Waals surface area (Å²) in [7, 11) is 0. The molecule has 0 aliphatic heterocycles. The van der Waals surface area contributed by atoms with Crippen molar-refractivity contribution >= 4 is 17.7 Å². The molecule has 0 aromatic heterocycles. The van der Waals surface area contributed by atoms with E-state index >= 15 is 0 Å². The fourth-order valence-electron chi connectivity index (χ4n) is 2.49. The summed E-state index contributed by atoms with van der Waals surface area (Å²) in [6.07, 6.45) is 9.46. The molecule has 8 heteroatoms. The monoisotopic (exact) mass is 373 g/mol. The molecule has 0 aliphatic rings. The summed E-state index contributed by atoms with van der Waals surface area (Å²) in [6, 6.07) is -1.47. The summed E-state index contributed by atoms with van der Waals surface area (Å²) in [5.74, 6) is -5.10. The molecule has 0 amide bonds. The van der Waals surface area contributed by atoms with Gasteiger partial charge in [0.05, 0.1) is 17.9 Å².